The Bertz CT molecular complexity index is 676. The molecule has 1 aliphatic rings. The highest BCUT2D eigenvalue weighted by Gasteiger charge is 2.25. The molecule has 1 fully saturated rings. The van der Waals surface area contributed by atoms with Crippen LogP contribution in [0.3, 0.4) is 0 Å². The number of nitrogens with zero attached hydrogens (tertiary/aromatic N) is 2. The maximum atomic E-state index is 12.3. The predicted octanol–water partition coefficient (Wildman–Crippen LogP) is 2.87. The minimum atomic E-state index is -3.68. The lowest BCUT2D eigenvalue weighted by Crippen LogP contribution is -2.27. The number of anilines is 1. The summed E-state index contributed by atoms with van der Waals surface area (Å²) in [6.45, 7) is 5.68. The maximum absolute atomic E-state index is 12.3. The summed E-state index contributed by atoms with van der Waals surface area (Å²) in [7, 11) is -3.68. The van der Waals surface area contributed by atoms with Gasteiger partial charge in [-0.3, -0.25) is 4.79 Å². The van der Waals surface area contributed by atoms with E-state index in [1.54, 1.807) is 20.8 Å². The summed E-state index contributed by atoms with van der Waals surface area (Å²) in [5.41, 5.74) is -0.584. The standard InChI is InChI=1S/C15H26N4O3S3/c1-15(2,3)12(20)17-13-18-19-14(24-13)25(21,22)16-9-10-23-11-7-5-4-6-8-11/h11,16H,4-10H2,1-3H3,(H,17,18,20). The molecule has 142 valence electrons. The van der Waals surface area contributed by atoms with E-state index in [4.69, 9.17) is 0 Å². The number of amides is 1. The molecule has 1 heterocycles. The summed E-state index contributed by atoms with van der Waals surface area (Å²) < 4.78 is 26.9. The zero-order valence-corrected chi connectivity index (χ0v) is 17.3. The second-order valence-corrected chi connectivity index (χ2v) is 11.4. The topological polar surface area (TPSA) is 101 Å². The largest absolute Gasteiger partial charge is 0.300 e. The van der Waals surface area contributed by atoms with E-state index >= 15 is 0 Å². The second kappa shape index (κ2) is 8.79. The van der Waals surface area contributed by atoms with Crippen molar-refractivity contribution in [2.75, 3.05) is 17.6 Å². The van der Waals surface area contributed by atoms with E-state index in [1.165, 1.54) is 32.1 Å². The molecule has 1 saturated carbocycles. The van der Waals surface area contributed by atoms with Crippen molar-refractivity contribution in [1.29, 1.82) is 0 Å². The van der Waals surface area contributed by atoms with Gasteiger partial charge in [-0.15, -0.1) is 10.2 Å². The van der Waals surface area contributed by atoms with Crippen LogP contribution in [-0.2, 0) is 14.8 Å². The fourth-order valence-electron chi connectivity index (χ4n) is 2.35. The van der Waals surface area contributed by atoms with Gasteiger partial charge in [0.05, 0.1) is 0 Å². The number of carbonyl (C=O) groups is 1. The smallest absolute Gasteiger partial charge is 0.269 e. The summed E-state index contributed by atoms with van der Waals surface area (Å²) in [5.74, 6) is 0.514. The molecule has 0 saturated heterocycles. The van der Waals surface area contributed by atoms with Crippen molar-refractivity contribution in [2.45, 2.75) is 62.5 Å². The number of thioether (sulfide) groups is 1. The van der Waals surface area contributed by atoms with Crippen LogP contribution >= 0.6 is 23.1 Å². The SMILES string of the molecule is CC(C)(C)C(=O)Nc1nnc(S(=O)(=O)NCCSC2CCCCC2)s1. The molecule has 2 rings (SSSR count). The van der Waals surface area contributed by atoms with Gasteiger partial charge in [0.25, 0.3) is 10.0 Å². The molecular weight excluding hydrogens is 380 g/mol. The molecule has 1 amide bonds. The summed E-state index contributed by atoms with van der Waals surface area (Å²) in [6, 6.07) is 0. The molecule has 7 nitrogen and oxygen atoms in total. The van der Waals surface area contributed by atoms with Gasteiger partial charge in [0.15, 0.2) is 0 Å². The second-order valence-electron chi connectivity index (χ2n) is 7.11. The quantitative estimate of drug-likeness (QED) is 0.533. The number of rotatable bonds is 7. The zero-order valence-electron chi connectivity index (χ0n) is 14.9. The first-order valence-corrected chi connectivity index (χ1v) is 11.8. The van der Waals surface area contributed by atoms with Gasteiger partial charge in [-0.05, 0) is 12.8 Å². The van der Waals surface area contributed by atoms with Crippen LogP contribution in [0.2, 0.25) is 0 Å². The zero-order chi connectivity index (χ0) is 18.5. The van der Waals surface area contributed by atoms with E-state index in [9.17, 15) is 13.2 Å². The lowest BCUT2D eigenvalue weighted by Gasteiger charge is -2.20. The van der Waals surface area contributed by atoms with Gasteiger partial charge >= 0.3 is 0 Å². The van der Waals surface area contributed by atoms with E-state index in [1.807, 2.05) is 11.8 Å². The van der Waals surface area contributed by atoms with E-state index in [2.05, 4.69) is 20.2 Å². The summed E-state index contributed by atoms with van der Waals surface area (Å²) in [4.78, 5) is 11.9. The molecular formula is C15H26N4O3S3. The van der Waals surface area contributed by atoms with Crippen molar-refractivity contribution in [3.8, 4) is 0 Å². The van der Waals surface area contributed by atoms with E-state index in [0.29, 0.717) is 11.8 Å². The van der Waals surface area contributed by atoms with Crippen molar-refractivity contribution in [1.82, 2.24) is 14.9 Å². The minimum absolute atomic E-state index is 0.126. The van der Waals surface area contributed by atoms with Gasteiger partial charge in [0.2, 0.25) is 15.4 Å². The van der Waals surface area contributed by atoms with E-state index < -0.39 is 15.4 Å². The van der Waals surface area contributed by atoms with Gasteiger partial charge < -0.3 is 5.32 Å². The molecule has 2 N–H and O–H groups in total. The highest BCUT2D eigenvalue weighted by molar-refractivity contribution is 8.00. The van der Waals surface area contributed by atoms with Crippen LogP contribution in [0.15, 0.2) is 4.34 Å². The molecule has 10 heteroatoms. The third-order valence-corrected chi connectivity index (χ3v) is 7.89. The number of hydrogen-bond acceptors (Lipinski definition) is 7. The predicted molar refractivity (Wildman–Crippen MR) is 103 cm³/mol. The van der Waals surface area contributed by atoms with Gasteiger partial charge in [0, 0.05) is 23.0 Å². The number of aromatic nitrogens is 2. The van der Waals surface area contributed by atoms with Crippen LogP contribution in [0.25, 0.3) is 0 Å². The Morgan fingerprint density at radius 1 is 1.24 bits per heavy atom. The van der Waals surface area contributed by atoms with Gasteiger partial charge in [-0.2, -0.15) is 11.8 Å². The molecule has 1 aromatic heterocycles. The van der Waals surface area contributed by atoms with Gasteiger partial charge in [-0.1, -0.05) is 51.4 Å². The summed E-state index contributed by atoms with van der Waals surface area (Å²) in [6.07, 6.45) is 6.32. The van der Waals surface area contributed by atoms with Crippen LogP contribution in [0.5, 0.6) is 0 Å². The maximum Gasteiger partial charge on any atom is 0.269 e. The summed E-state index contributed by atoms with van der Waals surface area (Å²) in [5, 5.41) is 10.9. The molecule has 0 atom stereocenters. The van der Waals surface area contributed by atoms with Crippen molar-refractivity contribution < 1.29 is 13.2 Å². The molecule has 0 aromatic carbocycles. The van der Waals surface area contributed by atoms with Crippen molar-refractivity contribution in [3.63, 3.8) is 0 Å². The summed E-state index contributed by atoms with van der Waals surface area (Å²) >= 11 is 2.69. The van der Waals surface area contributed by atoms with Crippen LogP contribution < -0.4 is 10.0 Å². The normalized spacial score (nSPS) is 16.8. The Morgan fingerprint density at radius 3 is 2.56 bits per heavy atom. The molecule has 1 aliphatic carbocycles. The number of nitrogens with one attached hydrogen (secondary N) is 2. The highest BCUT2D eigenvalue weighted by atomic mass is 32.2. The van der Waals surface area contributed by atoms with Crippen LogP contribution in [0, 0.1) is 5.41 Å². The van der Waals surface area contributed by atoms with Crippen molar-refractivity contribution in [3.05, 3.63) is 0 Å². The first kappa shape index (κ1) is 20.6. The lowest BCUT2D eigenvalue weighted by atomic mass is 9.96. The van der Waals surface area contributed by atoms with Gasteiger partial charge in [0.1, 0.15) is 0 Å². The molecule has 0 spiro atoms. The molecule has 0 aliphatic heterocycles. The fourth-order valence-corrected chi connectivity index (χ4v) is 5.67. The third-order valence-electron chi connectivity index (χ3n) is 3.84. The van der Waals surface area contributed by atoms with Crippen LogP contribution in [0.4, 0.5) is 5.13 Å². The number of sulfonamides is 1. The van der Waals surface area contributed by atoms with E-state index in [0.717, 1.165) is 17.1 Å². The van der Waals surface area contributed by atoms with E-state index in [-0.39, 0.29) is 15.4 Å². The molecule has 0 unspecified atom stereocenters. The lowest BCUT2D eigenvalue weighted by molar-refractivity contribution is -0.123. The Balaban J connectivity index is 1.82. The molecule has 0 radical (unpaired) electrons. The highest BCUT2D eigenvalue weighted by Crippen LogP contribution is 2.28. The molecule has 1 aromatic rings. The van der Waals surface area contributed by atoms with Crippen LogP contribution in [0.1, 0.15) is 52.9 Å². The number of carbonyl (C=O) groups excluding carboxylic acids is 1. The minimum Gasteiger partial charge on any atom is -0.300 e. The Labute approximate surface area is 157 Å². The average molecular weight is 407 g/mol. The Hall–Kier alpha value is -0.710. The number of hydrogen-bond donors (Lipinski definition) is 2. The monoisotopic (exact) mass is 406 g/mol. The first-order valence-electron chi connectivity index (χ1n) is 8.45. The molecule has 25 heavy (non-hydrogen) atoms. The van der Waals surface area contributed by atoms with Crippen molar-refractivity contribution in [2.24, 2.45) is 5.41 Å². The average Bonchev–Trinajstić information content (AvgIpc) is 3.01. The Kier molecular flexibility index (Phi) is 7.24. The van der Waals surface area contributed by atoms with Crippen molar-refractivity contribution >= 4 is 44.2 Å². The molecule has 0 bridgehead atoms. The third kappa shape index (κ3) is 6.50. The Morgan fingerprint density at radius 2 is 1.92 bits per heavy atom. The van der Waals surface area contributed by atoms with Crippen LogP contribution in [-0.4, -0.2) is 42.1 Å². The fraction of sp³-hybridized carbons (Fsp3) is 0.800. The first-order chi connectivity index (χ1) is 11.7. The van der Waals surface area contributed by atoms with Gasteiger partial charge in [-0.25, -0.2) is 13.1 Å².